The Morgan fingerprint density at radius 1 is 1.38 bits per heavy atom. The maximum absolute atomic E-state index is 11.9. The molecular weight excluding hydrogens is 274 g/mol. The highest BCUT2D eigenvalue weighted by molar-refractivity contribution is 5.74. The van der Waals surface area contributed by atoms with Crippen LogP contribution in [0.15, 0.2) is 18.2 Å². The summed E-state index contributed by atoms with van der Waals surface area (Å²) in [6.45, 7) is 2.30. The van der Waals surface area contributed by atoms with Crippen LogP contribution in [-0.2, 0) is 9.53 Å². The summed E-state index contributed by atoms with van der Waals surface area (Å²) in [5.74, 6) is 1.16. The molecule has 1 amide bonds. The Balaban J connectivity index is 2.41. The van der Waals surface area contributed by atoms with E-state index in [2.05, 4.69) is 0 Å². The molecule has 1 aromatic rings. The second kappa shape index (κ2) is 6.78. The molecule has 0 aliphatic carbocycles. The van der Waals surface area contributed by atoms with Crippen LogP contribution in [0.4, 0.5) is 0 Å². The highest BCUT2D eigenvalue weighted by Crippen LogP contribution is 2.35. The zero-order chi connectivity index (χ0) is 15.4. The molecule has 1 N–H and O–H groups in total. The number of aliphatic hydroxyl groups excluding tert-OH is 1. The maximum atomic E-state index is 11.9. The normalized spacial score (nSPS) is 22.0. The van der Waals surface area contributed by atoms with Gasteiger partial charge in [0.15, 0.2) is 11.5 Å². The lowest BCUT2D eigenvalue weighted by Crippen LogP contribution is -2.48. The molecule has 0 radical (unpaired) electrons. The third-order valence-electron chi connectivity index (χ3n) is 3.69. The van der Waals surface area contributed by atoms with E-state index >= 15 is 0 Å². The molecule has 21 heavy (non-hydrogen) atoms. The number of hydrogen-bond acceptors (Lipinski definition) is 5. The highest BCUT2D eigenvalue weighted by Gasteiger charge is 2.35. The van der Waals surface area contributed by atoms with E-state index < -0.39 is 6.10 Å². The van der Waals surface area contributed by atoms with Crippen molar-refractivity contribution in [3.63, 3.8) is 0 Å². The fourth-order valence-electron chi connectivity index (χ4n) is 2.67. The number of ether oxygens (including phenoxy) is 3. The number of carbonyl (C=O) groups is 1. The summed E-state index contributed by atoms with van der Waals surface area (Å²) in [7, 11) is 3.13. The van der Waals surface area contributed by atoms with Gasteiger partial charge < -0.3 is 24.2 Å². The first-order valence-electron chi connectivity index (χ1n) is 6.84. The van der Waals surface area contributed by atoms with Crippen molar-refractivity contribution in [1.29, 1.82) is 0 Å². The van der Waals surface area contributed by atoms with Crippen LogP contribution in [0.3, 0.4) is 0 Å². The minimum atomic E-state index is -0.444. The number of rotatable bonds is 4. The molecule has 0 saturated carbocycles. The van der Waals surface area contributed by atoms with Crippen LogP contribution in [0.1, 0.15) is 18.5 Å². The van der Waals surface area contributed by atoms with Crippen molar-refractivity contribution in [1.82, 2.24) is 4.90 Å². The van der Waals surface area contributed by atoms with Gasteiger partial charge in [-0.05, 0) is 17.7 Å². The molecule has 1 saturated heterocycles. The largest absolute Gasteiger partial charge is 0.493 e. The fraction of sp³-hybridized carbons (Fsp3) is 0.533. The van der Waals surface area contributed by atoms with Gasteiger partial charge in [-0.25, -0.2) is 0 Å². The van der Waals surface area contributed by atoms with Gasteiger partial charge in [0.2, 0.25) is 5.91 Å². The van der Waals surface area contributed by atoms with Crippen LogP contribution in [0.5, 0.6) is 11.5 Å². The molecule has 6 heteroatoms. The Morgan fingerprint density at radius 2 is 2.10 bits per heavy atom. The van der Waals surface area contributed by atoms with Crippen molar-refractivity contribution in [2.45, 2.75) is 19.1 Å². The summed E-state index contributed by atoms with van der Waals surface area (Å²) >= 11 is 0. The highest BCUT2D eigenvalue weighted by atomic mass is 16.5. The topological polar surface area (TPSA) is 68.2 Å². The van der Waals surface area contributed by atoms with Crippen molar-refractivity contribution in [2.24, 2.45) is 0 Å². The minimum Gasteiger partial charge on any atom is -0.493 e. The quantitative estimate of drug-likeness (QED) is 0.897. The van der Waals surface area contributed by atoms with Crippen molar-refractivity contribution < 1.29 is 24.1 Å². The van der Waals surface area contributed by atoms with E-state index in [1.54, 1.807) is 25.2 Å². The molecule has 0 spiro atoms. The number of methoxy groups -OCH3 is 2. The lowest BCUT2D eigenvalue weighted by atomic mass is 9.97. The number of morpholine rings is 1. The third kappa shape index (κ3) is 3.11. The molecule has 1 heterocycles. The molecule has 1 fully saturated rings. The number of hydrogen-bond donors (Lipinski definition) is 1. The molecule has 1 aromatic carbocycles. The number of benzene rings is 1. The van der Waals surface area contributed by atoms with E-state index in [9.17, 15) is 9.90 Å². The van der Waals surface area contributed by atoms with E-state index in [1.807, 2.05) is 12.1 Å². The summed E-state index contributed by atoms with van der Waals surface area (Å²) in [5.41, 5.74) is 0.849. The predicted octanol–water partition coefficient (Wildman–Crippen LogP) is 0.984. The van der Waals surface area contributed by atoms with Gasteiger partial charge in [-0.1, -0.05) is 6.07 Å². The van der Waals surface area contributed by atoms with Crippen molar-refractivity contribution >= 4 is 5.91 Å². The molecule has 0 unspecified atom stereocenters. The lowest BCUT2D eigenvalue weighted by Gasteiger charge is -2.40. The summed E-state index contributed by atoms with van der Waals surface area (Å²) < 4.78 is 16.1. The van der Waals surface area contributed by atoms with Crippen molar-refractivity contribution in [3.8, 4) is 11.5 Å². The van der Waals surface area contributed by atoms with Crippen LogP contribution < -0.4 is 9.47 Å². The van der Waals surface area contributed by atoms with Gasteiger partial charge in [0.05, 0.1) is 33.5 Å². The SMILES string of the molecule is COc1ccc([C@@H]2[C@@H](CO)OCCN2C(C)=O)cc1OC. The number of aliphatic hydroxyl groups is 1. The van der Waals surface area contributed by atoms with Crippen LogP contribution in [0, 0.1) is 0 Å². The Hall–Kier alpha value is -1.79. The Bertz CT molecular complexity index is 505. The van der Waals surface area contributed by atoms with Gasteiger partial charge in [0, 0.05) is 13.5 Å². The summed E-state index contributed by atoms with van der Waals surface area (Å²) in [6, 6.07) is 5.13. The molecule has 6 nitrogen and oxygen atoms in total. The Morgan fingerprint density at radius 3 is 2.67 bits per heavy atom. The fourth-order valence-corrected chi connectivity index (χ4v) is 2.67. The third-order valence-corrected chi connectivity index (χ3v) is 3.69. The van der Waals surface area contributed by atoms with E-state index in [0.29, 0.717) is 24.7 Å². The Labute approximate surface area is 124 Å². The van der Waals surface area contributed by atoms with Crippen LogP contribution in [0.25, 0.3) is 0 Å². The second-order valence-electron chi connectivity index (χ2n) is 4.86. The first-order chi connectivity index (χ1) is 10.1. The van der Waals surface area contributed by atoms with E-state index in [1.165, 1.54) is 6.92 Å². The number of carbonyl (C=O) groups excluding carboxylic acids is 1. The molecule has 116 valence electrons. The molecule has 0 aromatic heterocycles. The van der Waals surface area contributed by atoms with Gasteiger partial charge in [-0.3, -0.25) is 4.79 Å². The molecule has 1 aliphatic heterocycles. The van der Waals surface area contributed by atoms with Gasteiger partial charge in [0.25, 0.3) is 0 Å². The van der Waals surface area contributed by atoms with Crippen LogP contribution in [-0.4, -0.2) is 56.0 Å². The van der Waals surface area contributed by atoms with Crippen LogP contribution in [0.2, 0.25) is 0 Å². The summed E-state index contributed by atoms with van der Waals surface area (Å²) in [5, 5.41) is 9.53. The first-order valence-corrected chi connectivity index (χ1v) is 6.84. The van der Waals surface area contributed by atoms with Gasteiger partial charge in [-0.15, -0.1) is 0 Å². The monoisotopic (exact) mass is 295 g/mol. The van der Waals surface area contributed by atoms with E-state index in [4.69, 9.17) is 14.2 Å². The standard InChI is InChI=1S/C15H21NO5/c1-10(18)16-6-7-21-14(9-17)15(16)11-4-5-12(19-2)13(8-11)20-3/h4-5,8,14-15,17H,6-7,9H2,1-3H3/t14-,15-/m1/s1. The van der Waals surface area contributed by atoms with E-state index in [-0.39, 0.29) is 18.6 Å². The average Bonchev–Trinajstić information content (AvgIpc) is 2.53. The molecule has 1 aliphatic rings. The molecule has 2 rings (SSSR count). The molecule has 0 bridgehead atoms. The van der Waals surface area contributed by atoms with Gasteiger partial charge in [-0.2, -0.15) is 0 Å². The number of nitrogens with zero attached hydrogens (tertiary/aromatic N) is 1. The minimum absolute atomic E-state index is 0.0449. The lowest BCUT2D eigenvalue weighted by molar-refractivity contribution is -0.147. The van der Waals surface area contributed by atoms with Gasteiger partial charge >= 0.3 is 0 Å². The summed E-state index contributed by atoms with van der Waals surface area (Å²) in [6.07, 6.45) is -0.444. The van der Waals surface area contributed by atoms with Gasteiger partial charge in [0.1, 0.15) is 6.10 Å². The maximum Gasteiger partial charge on any atom is 0.220 e. The van der Waals surface area contributed by atoms with Crippen molar-refractivity contribution in [2.75, 3.05) is 34.0 Å². The van der Waals surface area contributed by atoms with Crippen LogP contribution >= 0.6 is 0 Å². The number of amides is 1. The van der Waals surface area contributed by atoms with Crippen molar-refractivity contribution in [3.05, 3.63) is 23.8 Å². The molecular formula is C15H21NO5. The Kier molecular flexibility index (Phi) is 5.03. The molecule has 2 atom stereocenters. The average molecular weight is 295 g/mol. The van der Waals surface area contributed by atoms with E-state index in [0.717, 1.165) is 5.56 Å². The first kappa shape index (κ1) is 15.6. The smallest absolute Gasteiger partial charge is 0.220 e. The summed E-state index contributed by atoms with van der Waals surface area (Å²) in [4.78, 5) is 13.6. The zero-order valence-electron chi connectivity index (χ0n) is 12.5. The second-order valence-corrected chi connectivity index (χ2v) is 4.86. The zero-order valence-corrected chi connectivity index (χ0v) is 12.5. The predicted molar refractivity (Wildman–Crippen MR) is 76.5 cm³/mol.